The second-order valence-corrected chi connectivity index (χ2v) is 9.11. The van der Waals surface area contributed by atoms with Gasteiger partial charge in [0.1, 0.15) is 18.3 Å². The molecular formula is C27H27N2O+. The van der Waals surface area contributed by atoms with E-state index in [9.17, 15) is 0 Å². The van der Waals surface area contributed by atoms with E-state index >= 15 is 0 Å². The molecule has 0 radical (unpaired) electrons. The van der Waals surface area contributed by atoms with Crippen LogP contribution in [0.5, 0.6) is 11.6 Å². The van der Waals surface area contributed by atoms with Gasteiger partial charge in [-0.15, -0.1) is 0 Å². The maximum absolute atomic E-state index is 6.43. The Hall–Kier alpha value is -2.94. The van der Waals surface area contributed by atoms with Gasteiger partial charge in [0.25, 0.3) is 11.6 Å². The lowest BCUT2D eigenvalue weighted by Gasteiger charge is -2.22. The van der Waals surface area contributed by atoms with Crippen molar-refractivity contribution in [1.29, 1.82) is 0 Å². The Morgan fingerprint density at radius 2 is 1.87 bits per heavy atom. The Labute approximate surface area is 177 Å². The maximum Gasteiger partial charge on any atom is 0.294 e. The van der Waals surface area contributed by atoms with E-state index in [4.69, 9.17) is 9.72 Å². The monoisotopic (exact) mass is 395 g/mol. The fraction of sp³-hybridized carbons (Fsp3) is 0.333. The topological polar surface area (TPSA) is 26.0 Å². The third-order valence-electron chi connectivity index (χ3n) is 7.28. The van der Waals surface area contributed by atoms with Crippen LogP contribution in [0.15, 0.2) is 42.5 Å². The number of fused-ring (bicyclic) bond motifs is 3. The second kappa shape index (κ2) is 6.53. The van der Waals surface area contributed by atoms with Crippen LogP contribution in [0.3, 0.4) is 0 Å². The molecule has 1 aliphatic heterocycles. The highest BCUT2D eigenvalue weighted by Gasteiger charge is 2.33. The lowest BCUT2D eigenvalue weighted by Crippen LogP contribution is -2.34. The molecule has 2 heterocycles. The molecule has 4 aromatic rings. The van der Waals surface area contributed by atoms with Gasteiger partial charge in [0, 0.05) is 11.5 Å². The number of para-hydroxylation sites is 1. The zero-order chi connectivity index (χ0) is 20.4. The second-order valence-electron chi connectivity index (χ2n) is 9.11. The van der Waals surface area contributed by atoms with Crippen LogP contribution in [0.1, 0.15) is 42.4 Å². The Morgan fingerprint density at radius 3 is 2.70 bits per heavy atom. The van der Waals surface area contributed by atoms with Gasteiger partial charge in [0.15, 0.2) is 0 Å². The van der Waals surface area contributed by atoms with Crippen molar-refractivity contribution >= 4 is 21.8 Å². The largest absolute Gasteiger partial charge is 0.433 e. The van der Waals surface area contributed by atoms with Crippen molar-refractivity contribution < 1.29 is 9.30 Å². The van der Waals surface area contributed by atoms with Crippen LogP contribution in [-0.4, -0.2) is 4.98 Å². The zero-order valence-corrected chi connectivity index (χ0v) is 18.0. The summed E-state index contributed by atoms with van der Waals surface area (Å²) >= 11 is 0. The first-order valence-corrected chi connectivity index (χ1v) is 11.1. The van der Waals surface area contributed by atoms with Crippen molar-refractivity contribution in [2.24, 2.45) is 13.0 Å². The lowest BCUT2D eigenvalue weighted by molar-refractivity contribution is -0.634. The molecule has 0 saturated heterocycles. The highest BCUT2D eigenvalue weighted by molar-refractivity contribution is 6.04. The number of nitrogens with zero attached hydrogens (tertiary/aromatic N) is 2. The number of ether oxygens (including phenoxy) is 1. The van der Waals surface area contributed by atoms with E-state index in [1.807, 2.05) is 0 Å². The summed E-state index contributed by atoms with van der Waals surface area (Å²) in [5.41, 5.74) is 8.58. The smallest absolute Gasteiger partial charge is 0.294 e. The van der Waals surface area contributed by atoms with Gasteiger partial charge in [-0.25, -0.2) is 4.98 Å². The third-order valence-corrected chi connectivity index (χ3v) is 7.28. The fourth-order valence-corrected chi connectivity index (χ4v) is 5.58. The number of rotatable bonds is 2. The summed E-state index contributed by atoms with van der Waals surface area (Å²) in [5, 5.41) is 2.43. The van der Waals surface area contributed by atoms with Crippen LogP contribution in [-0.2, 0) is 13.5 Å². The summed E-state index contributed by atoms with van der Waals surface area (Å²) in [6, 6.07) is 15.2. The number of aryl methyl sites for hydroxylation is 2. The van der Waals surface area contributed by atoms with Gasteiger partial charge in [-0.1, -0.05) is 56.0 Å². The van der Waals surface area contributed by atoms with Crippen molar-refractivity contribution in [2.75, 3.05) is 0 Å². The molecule has 1 fully saturated rings. The maximum atomic E-state index is 6.43. The fourth-order valence-electron chi connectivity index (χ4n) is 5.58. The van der Waals surface area contributed by atoms with Crippen molar-refractivity contribution in [3.8, 4) is 22.9 Å². The molecule has 3 heteroatoms. The van der Waals surface area contributed by atoms with E-state index in [-0.39, 0.29) is 0 Å². The highest BCUT2D eigenvalue weighted by Crippen LogP contribution is 2.47. The van der Waals surface area contributed by atoms with E-state index in [2.05, 4.69) is 67.9 Å². The Bertz CT molecular complexity index is 1330. The standard InChI is InChI=1S/C27H27N2O/c1-16-14-19-10-7-13-22-24(19)23(17(16)2)26-27(30-22)28-25-20(15-18-8-4-5-9-18)11-6-12-21(25)29(26)3/h6-7,10-14,18H,4-5,8-9,15H2,1-3H3/q+1. The average Bonchev–Trinajstić information content (AvgIpc) is 3.25. The Kier molecular flexibility index (Phi) is 3.89. The van der Waals surface area contributed by atoms with Gasteiger partial charge in [-0.05, 0) is 54.3 Å². The summed E-state index contributed by atoms with van der Waals surface area (Å²) in [7, 11) is 2.16. The van der Waals surface area contributed by atoms with Gasteiger partial charge in [-0.3, -0.25) is 0 Å². The first-order valence-electron chi connectivity index (χ1n) is 11.1. The summed E-state index contributed by atoms with van der Waals surface area (Å²) < 4.78 is 8.72. The molecular weight excluding hydrogens is 368 g/mol. The SMILES string of the molecule is Cc1cc2cccc3c2c(c1C)-c1c(nc2c(CC4CCCC4)cccc2[n+]1C)O3. The van der Waals surface area contributed by atoms with E-state index in [1.54, 1.807) is 0 Å². The van der Waals surface area contributed by atoms with Crippen molar-refractivity contribution in [1.82, 2.24) is 4.98 Å². The molecule has 1 aliphatic carbocycles. The minimum Gasteiger partial charge on any atom is -0.433 e. The minimum absolute atomic E-state index is 0.734. The normalized spacial score (nSPS) is 15.6. The van der Waals surface area contributed by atoms with Crippen molar-refractivity contribution in [2.45, 2.75) is 46.0 Å². The minimum atomic E-state index is 0.734. The van der Waals surface area contributed by atoms with Crippen LogP contribution in [0, 0.1) is 19.8 Å². The molecule has 2 aliphatic rings. The van der Waals surface area contributed by atoms with Gasteiger partial charge in [-0.2, -0.15) is 4.57 Å². The molecule has 3 nitrogen and oxygen atoms in total. The van der Waals surface area contributed by atoms with Crippen molar-refractivity contribution in [3.63, 3.8) is 0 Å². The van der Waals surface area contributed by atoms with E-state index in [0.717, 1.165) is 35.2 Å². The number of aromatic nitrogens is 2. The van der Waals surface area contributed by atoms with Gasteiger partial charge in [0.05, 0.1) is 5.56 Å². The van der Waals surface area contributed by atoms with E-state index in [0.29, 0.717) is 0 Å². The number of hydrogen-bond donors (Lipinski definition) is 0. The molecule has 0 bridgehead atoms. The molecule has 0 unspecified atom stereocenters. The van der Waals surface area contributed by atoms with Crippen LogP contribution in [0.2, 0.25) is 0 Å². The molecule has 0 amide bonds. The quantitative estimate of drug-likeness (QED) is 0.326. The molecule has 3 aromatic carbocycles. The predicted molar refractivity (Wildman–Crippen MR) is 121 cm³/mol. The average molecular weight is 396 g/mol. The number of hydrogen-bond acceptors (Lipinski definition) is 2. The van der Waals surface area contributed by atoms with Crippen molar-refractivity contribution in [3.05, 3.63) is 59.2 Å². The van der Waals surface area contributed by atoms with Crippen LogP contribution >= 0.6 is 0 Å². The predicted octanol–water partition coefficient (Wildman–Crippen LogP) is 6.33. The van der Waals surface area contributed by atoms with Gasteiger partial charge >= 0.3 is 0 Å². The molecule has 0 spiro atoms. The molecule has 6 rings (SSSR count). The Morgan fingerprint density at radius 1 is 1.07 bits per heavy atom. The molecule has 150 valence electrons. The van der Waals surface area contributed by atoms with Gasteiger partial charge in [0.2, 0.25) is 5.52 Å². The lowest BCUT2D eigenvalue weighted by atomic mass is 9.91. The first kappa shape index (κ1) is 17.9. The van der Waals surface area contributed by atoms with Gasteiger partial charge < -0.3 is 4.74 Å². The summed E-state index contributed by atoms with van der Waals surface area (Å²) in [4.78, 5) is 5.13. The molecule has 0 N–H and O–H groups in total. The molecule has 1 saturated carbocycles. The summed E-state index contributed by atoms with van der Waals surface area (Å²) in [6.07, 6.45) is 6.55. The van der Waals surface area contributed by atoms with Crippen LogP contribution in [0.4, 0.5) is 0 Å². The third kappa shape index (κ3) is 2.51. The highest BCUT2D eigenvalue weighted by atomic mass is 16.5. The Balaban J connectivity index is 1.64. The summed E-state index contributed by atoms with van der Waals surface area (Å²) in [5.74, 6) is 2.44. The van der Waals surface area contributed by atoms with E-state index < -0.39 is 0 Å². The first-order chi connectivity index (χ1) is 14.6. The van der Waals surface area contributed by atoms with Crippen LogP contribution in [0.25, 0.3) is 33.1 Å². The molecule has 1 aromatic heterocycles. The molecule has 0 atom stereocenters. The summed E-state index contributed by atoms with van der Waals surface area (Å²) in [6.45, 7) is 4.41. The van der Waals surface area contributed by atoms with E-state index in [1.165, 1.54) is 64.2 Å². The zero-order valence-electron chi connectivity index (χ0n) is 18.0. The molecule has 30 heavy (non-hydrogen) atoms. The van der Waals surface area contributed by atoms with Crippen LogP contribution < -0.4 is 9.30 Å². The number of benzene rings is 3.